The van der Waals surface area contributed by atoms with Gasteiger partial charge in [-0.1, -0.05) is 6.07 Å². The van der Waals surface area contributed by atoms with E-state index in [4.69, 9.17) is 4.74 Å². The Hall–Kier alpha value is -1.26. The van der Waals surface area contributed by atoms with E-state index in [1.807, 2.05) is 12.1 Å². The third kappa shape index (κ3) is 2.91. The SMILES string of the molecule is COc1cc(CN2CCC(N3CCCC3)C2)ccc1O. The molecule has 0 spiro atoms. The van der Waals surface area contributed by atoms with Crippen molar-refractivity contribution >= 4 is 0 Å². The molecule has 2 saturated heterocycles. The minimum atomic E-state index is 0.215. The van der Waals surface area contributed by atoms with Crippen LogP contribution < -0.4 is 4.74 Å². The third-order valence-electron chi connectivity index (χ3n) is 4.55. The molecule has 110 valence electrons. The predicted octanol–water partition coefficient (Wildman–Crippen LogP) is 2.07. The summed E-state index contributed by atoms with van der Waals surface area (Å²) in [5, 5.41) is 9.64. The number of ether oxygens (including phenoxy) is 1. The maximum absolute atomic E-state index is 9.64. The van der Waals surface area contributed by atoms with Crippen LogP contribution >= 0.6 is 0 Å². The lowest BCUT2D eigenvalue weighted by molar-refractivity contribution is 0.230. The Morgan fingerprint density at radius 1 is 1.25 bits per heavy atom. The van der Waals surface area contributed by atoms with Crippen LogP contribution in [0.2, 0.25) is 0 Å². The van der Waals surface area contributed by atoms with Crippen LogP contribution in [0.1, 0.15) is 24.8 Å². The highest BCUT2D eigenvalue weighted by Gasteiger charge is 2.29. The first-order chi connectivity index (χ1) is 9.76. The highest BCUT2D eigenvalue weighted by molar-refractivity contribution is 5.41. The third-order valence-corrected chi connectivity index (χ3v) is 4.55. The van der Waals surface area contributed by atoms with Gasteiger partial charge in [0.2, 0.25) is 0 Å². The largest absolute Gasteiger partial charge is 0.504 e. The van der Waals surface area contributed by atoms with E-state index >= 15 is 0 Å². The summed E-state index contributed by atoms with van der Waals surface area (Å²) in [7, 11) is 1.60. The summed E-state index contributed by atoms with van der Waals surface area (Å²) in [6, 6.07) is 6.40. The summed E-state index contributed by atoms with van der Waals surface area (Å²) in [4.78, 5) is 5.16. The van der Waals surface area contributed by atoms with Crippen molar-refractivity contribution in [2.24, 2.45) is 0 Å². The molecule has 2 fully saturated rings. The minimum absolute atomic E-state index is 0.215. The maximum Gasteiger partial charge on any atom is 0.160 e. The predicted molar refractivity (Wildman–Crippen MR) is 79.1 cm³/mol. The Kier molecular flexibility index (Phi) is 4.13. The molecule has 1 atom stereocenters. The molecule has 0 bridgehead atoms. The molecule has 0 aromatic heterocycles. The van der Waals surface area contributed by atoms with E-state index < -0.39 is 0 Å². The standard InChI is InChI=1S/C16H24N2O2/c1-20-16-10-13(4-5-15(16)19)11-17-9-6-14(12-17)18-7-2-3-8-18/h4-5,10,14,19H,2-3,6-9,11-12H2,1H3. The van der Waals surface area contributed by atoms with Crippen molar-refractivity contribution in [2.75, 3.05) is 33.3 Å². The Bertz CT molecular complexity index is 458. The highest BCUT2D eigenvalue weighted by atomic mass is 16.5. The number of phenols is 1. The molecule has 0 amide bonds. The first-order valence-electron chi connectivity index (χ1n) is 7.58. The van der Waals surface area contributed by atoms with Crippen LogP contribution in [0.5, 0.6) is 11.5 Å². The van der Waals surface area contributed by atoms with E-state index in [0.29, 0.717) is 5.75 Å². The molecule has 1 unspecified atom stereocenters. The fourth-order valence-corrected chi connectivity index (χ4v) is 3.44. The lowest BCUT2D eigenvalue weighted by Crippen LogP contribution is -2.35. The zero-order valence-electron chi connectivity index (χ0n) is 12.2. The van der Waals surface area contributed by atoms with E-state index in [1.165, 1.54) is 51.0 Å². The minimum Gasteiger partial charge on any atom is -0.504 e. The van der Waals surface area contributed by atoms with E-state index in [1.54, 1.807) is 13.2 Å². The molecule has 0 saturated carbocycles. The van der Waals surface area contributed by atoms with Crippen molar-refractivity contribution in [1.82, 2.24) is 9.80 Å². The summed E-state index contributed by atoms with van der Waals surface area (Å²) < 4.78 is 5.18. The van der Waals surface area contributed by atoms with E-state index in [9.17, 15) is 5.11 Å². The molecule has 1 aromatic carbocycles. The van der Waals surface area contributed by atoms with Gasteiger partial charge in [-0.2, -0.15) is 0 Å². The number of methoxy groups -OCH3 is 1. The number of rotatable bonds is 4. The summed E-state index contributed by atoms with van der Waals surface area (Å²) in [5.74, 6) is 0.783. The Morgan fingerprint density at radius 2 is 2.05 bits per heavy atom. The molecule has 4 nitrogen and oxygen atoms in total. The molecule has 4 heteroatoms. The van der Waals surface area contributed by atoms with E-state index in [2.05, 4.69) is 9.80 Å². The van der Waals surface area contributed by atoms with Crippen LogP contribution in [0, 0.1) is 0 Å². The lowest BCUT2D eigenvalue weighted by atomic mass is 10.2. The number of likely N-dealkylation sites (tertiary alicyclic amines) is 2. The first-order valence-corrected chi connectivity index (χ1v) is 7.58. The number of aromatic hydroxyl groups is 1. The number of nitrogens with zero attached hydrogens (tertiary/aromatic N) is 2. The quantitative estimate of drug-likeness (QED) is 0.913. The smallest absolute Gasteiger partial charge is 0.160 e. The second-order valence-corrected chi connectivity index (χ2v) is 5.93. The van der Waals surface area contributed by atoms with Gasteiger partial charge in [-0.15, -0.1) is 0 Å². The van der Waals surface area contributed by atoms with Gasteiger partial charge in [-0.25, -0.2) is 0 Å². The van der Waals surface area contributed by atoms with Crippen molar-refractivity contribution in [3.63, 3.8) is 0 Å². The number of phenolic OH excluding ortho intramolecular Hbond substituents is 1. The van der Waals surface area contributed by atoms with Crippen molar-refractivity contribution in [3.05, 3.63) is 23.8 Å². The topological polar surface area (TPSA) is 35.9 Å². The van der Waals surface area contributed by atoms with Gasteiger partial charge in [0.1, 0.15) is 0 Å². The normalized spacial score (nSPS) is 24.4. The van der Waals surface area contributed by atoms with Crippen molar-refractivity contribution in [1.29, 1.82) is 0 Å². The van der Waals surface area contributed by atoms with Crippen molar-refractivity contribution in [2.45, 2.75) is 31.8 Å². The highest BCUT2D eigenvalue weighted by Crippen LogP contribution is 2.28. The average molecular weight is 276 g/mol. The fraction of sp³-hybridized carbons (Fsp3) is 0.625. The van der Waals surface area contributed by atoms with Gasteiger partial charge in [-0.05, 0) is 50.0 Å². The number of hydrogen-bond donors (Lipinski definition) is 1. The van der Waals surface area contributed by atoms with E-state index in [0.717, 1.165) is 12.6 Å². The molecule has 0 aliphatic carbocycles. The van der Waals surface area contributed by atoms with Crippen LogP contribution in [-0.2, 0) is 6.54 Å². The zero-order chi connectivity index (χ0) is 13.9. The monoisotopic (exact) mass is 276 g/mol. The van der Waals surface area contributed by atoms with Gasteiger partial charge in [-0.3, -0.25) is 9.80 Å². The summed E-state index contributed by atoms with van der Waals surface area (Å²) in [5.41, 5.74) is 1.21. The van der Waals surface area contributed by atoms with Crippen molar-refractivity contribution in [3.8, 4) is 11.5 Å². The molecule has 0 radical (unpaired) electrons. The van der Waals surface area contributed by atoms with Gasteiger partial charge >= 0.3 is 0 Å². The van der Waals surface area contributed by atoms with Crippen LogP contribution in [0.15, 0.2) is 18.2 Å². The molecule has 20 heavy (non-hydrogen) atoms. The van der Waals surface area contributed by atoms with Crippen LogP contribution in [0.3, 0.4) is 0 Å². The summed E-state index contributed by atoms with van der Waals surface area (Å²) >= 11 is 0. The average Bonchev–Trinajstić information content (AvgIpc) is 3.11. The molecule has 2 aliphatic rings. The lowest BCUT2D eigenvalue weighted by Gasteiger charge is -2.23. The zero-order valence-corrected chi connectivity index (χ0v) is 12.2. The van der Waals surface area contributed by atoms with Crippen LogP contribution in [-0.4, -0.2) is 54.2 Å². The van der Waals surface area contributed by atoms with Gasteiger partial charge < -0.3 is 9.84 Å². The van der Waals surface area contributed by atoms with Crippen molar-refractivity contribution < 1.29 is 9.84 Å². The van der Waals surface area contributed by atoms with Gasteiger partial charge in [0.25, 0.3) is 0 Å². The Labute approximate surface area is 120 Å². The Balaban J connectivity index is 1.58. The molecule has 3 rings (SSSR count). The fourth-order valence-electron chi connectivity index (χ4n) is 3.44. The second kappa shape index (κ2) is 6.02. The molecule has 1 N–H and O–H groups in total. The molecule has 1 aromatic rings. The molecular formula is C16H24N2O2. The maximum atomic E-state index is 9.64. The van der Waals surface area contributed by atoms with Gasteiger partial charge in [0.15, 0.2) is 11.5 Å². The van der Waals surface area contributed by atoms with Crippen LogP contribution in [0.4, 0.5) is 0 Å². The first kappa shape index (κ1) is 13.7. The summed E-state index contributed by atoms with van der Waals surface area (Å²) in [6.07, 6.45) is 4.02. The summed E-state index contributed by atoms with van der Waals surface area (Å²) in [6.45, 7) is 5.85. The number of benzene rings is 1. The van der Waals surface area contributed by atoms with Gasteiger partial charge in [0.05, 0.1) is 7.11 Å². The van der Waals surface area contributed by atoms with Crippen LogP contribution in [0.25, 0.3) is 0 Å². The second-order valence-electron chi connectivity index (χ2n) is 5.93. The number of hydrogen-bond acceptors (Lipinski definition) is 4. The van der Waals surface area contributed by atoms with Gasteiger partial charge in [0, 0.05) is 25.7 Å². The van der Waals surface area contributed by atoms with E-state index in [-0.39, 0.29) is 5.75 Å². The molecular weight excluding hydrogens is 252 g/mol. The molecule has 2 aliphatic heterocycles. The molecule has 2 heterocycles. The Morgan fingerprint density at radius 3 is 2.80 bits per heavy atom.